The summed E-state index contributed by atoms with van der Waals surface area (Å²) in [6, 6.07) is 0.0615. The highest BCUT2D eigenvalue weighted by Gasteiger charge is 2.34. The van der Waals surface area contributed by atoms with Crippen LogP contribution < -0.4 is 0 Å². The maximum absolute atomic E-state index is 11.8. The molecule has 0 aliphatic carbocycles. The third-order valence-electron chi connectivity index (χ3n) is 2.83. The van der Waals surface area contributed by atoms with Gasteiger partial charge in [-0.25, -0.2) is 4.79 Å². The first-order valence-electron chi connectivity index (χ1n) is 5.65. The van der Waals surface area contributed by atoms with Gasteiger partial charge in [0.1, 0.15) is 0 Å². The molecule has 1 unspecified atom stereocenters. The summed E-state index contributed by atoms with van der Waals surface area (Å²) in [6.45, 7) is 5.53. The van der Waals surface area contributed by atoms with E-state index in [1.165, 1.54) is 0 Å². The van der Waals surface area contributed by atoms with Gasteiger partial charge in [-0.1, -0.05) is 13.8 Å². The molecule has 92 valence electrons. The molecule has 0 radical (unpaired) electrons. The topological polar surface area (TPSA) is 60.9 Å². The summed E-state index contributed by atoms with van der Waals surface area (Å²) in [5.41, 5.74) is 0. The number of urea groups is 1. The average molecular weight is 228 g/mol. The number of carboxylic acids is 1. The zero-order chi connectivity index (χ0) is 12.3. The van der Waals surface area contributed by atoms with Gasteiger partial charge in [0.15, 0.2) is 0 Å². The van der Waals surface area contributed by atoms with Crippen molar-refractivity contribution in [2.45, 2.75) is 32.7 Å². The summed E-state index contributed by atoms with van der Waals surface area (Å²) in [5, 5.41) is 8.62. The quantitative estimate of drug-likeness (QED) is 0.770. The predicted octanol–water partition coefficient (Wildman–Crippen LogP) is 1.24. The van der Waals surface area contributed by atoms with Crippen molar-refractivity contribution >= 4 is 12.0 Å². The summed E-state index contributed by atoms with van der Waals surface area (Å²) in [6.07, 6.45) is 0.657. The lowest BCUT2D eigenvalue weighted by Crippen LogP contribution is -2.32. The fourth-order valence-corrected chi connectivity index (χ4v) is 2.00. The van der Waals surface area contributed by atoms with Crippen molar-refractivity contribution in [3.8, 4) is 0 Å². The number of carbonyl (C=O) groups excluding carboxylic acids is 1. The van der Waals surface area contributed by atoms with Crippen LogP contribution in [-0.2, 0) is 4.79 Å². The molecule has 1 aliphatic rings. The molecule has 1 aliphatic heterocycles. The van der Waals surface area contributed by atoms with Crippen LogP contribution in [0.5, 0.6) is 0 Å². The Hall–Kier alpha value is -1.26. The van der Waals surface area contributed by atoms with Crippen LogP contribution in [0.25, 0.3) is 0 Å². The second-order valence-corrected chi connectivity index (χ2v) is 4.78. The Morgan fingerprint density at radius 1 is 1.56 bits per heavy atom. The second-order valence-electron chi connectivity index (χ2n) is 4.78. The van der Waals surface area contributed by atoms with Gasteiger partial charge in [-0.3, -0.25) is 4.79 Å². The summed E-state index contributed by atoms with van der Waals surface area (Å²) < 4.78 is 0. The van der Waals surface area contributed by atoms with E-state index >= 15 is 0 Å². The molecule has 5 nitrogen and oxygen atoms in total. The van der Waals surface area contributed by atoms with Crippen LogP contribution in [0.3, 0.4) is 0 Å². The fraction of sp³-hybridized carbons (Fsp3) is 0.818. The molecule has 1 atom stereocenters. The van der Waals surface area contributed by atoms with Crippen molar-refractivity contribution in [2.75, 3.05) is 20.1 Å². The van der Waals surface area contributed by atoms with Crippen LogP contribution in [0.4, 0.5) is 4.79 Å². The summed E-state index contributed by atoms with van der Waals surface area (Å²) >= 11 is 0. The van der Waals surface area contributed by atoms with Gasteiger partial charge in [0, 0.05) is 26.6 Å². The Bertz CT molecular complexity index is 278. The van der Waals surface area contributed by atoms with Crippen molar-refractivity contribution in [2.24, 2.45) is 5.92 Å². The second kappa shape index (κ2) is 5.18. The van der Waals surface area contributed by atoms with Gasteiger partial charge in [-0.15, -0.1) is 0 Å². The normalized spacial score (nSPS) is 21.0. The Kier molecular flexibility index (Phi) is 4.15. The van der Waals surface area contributed by atoms with Gasteiger partial charge in [0.2, 0.25) is 0 Å². The fourth-order valence-electron chi connectivity index (χ4n) is 2.00. The van der Waals surface area contributed by atoms with Crippen molar-refractivity contribution in [1.29, 1.82) is 0 Å². The van der Waals surface area contributed by atoms with Gasteiger partial charge in [0.25, 0.3) is 0 Å². The lowest BCUT2D eigenvalue weighted by atomic mass is 10.1. The number of carbonyl (C=O) groups is 2. The summed E-state index contributed by atoms with van der Waals surface area (Å²) in [4.78, 5) is 25.7. The molecule has 1 fully saturated rings. The van der Waals surface area contributed by atoms with Crippen molar-refractivity contribution < 1.29 is 14.7 Å². The summed E-state index contributed by atoms with van der Waals surface area (Å²) in [7, 11) is 1.75. The number of likely N-dealkylation sites (N-methyl/N-ethyl adjacent to an activating group) is 1. The first kappa shape index (κ1) is 12.8. The smallest absolute Gasteiger partial charge is 0.320 e. The number of nitrogens with zero attached hydrogens (tertiary/aromatic N) is 2. The van der Waals surface area contributed by atoms with Crippen molar-refractivity contribution in [1.82, 2.24) is 9.80 Å². The van der Waals surface area contributed by atoms with E-state index in [0.717, 1.165) is 6.54 Å². The molecule has 1 heterocycles. The average Bonchev–Trinajstić information content (AvgIpc) is 2.42. The summed E-state index contributed by atoms with van der Waals surface area (Å²) in [5.74, 6) is -0.362. The molecule has 0 aromatic heterocycles. The highest BCUT2D eigenvalue weighted by Crippen LogP contribution is 2.18. The Labute approximate surface area is 96.0 Å². The van der Waals surface area contributed by atoms with Crippen LogP contribution in [0.1, 0.15) is 26.7 Å². The molecule has 0 bridgehead atoms. The molecular formula is C11H20N2O3. The largest absolute Gasteiger partial charge is 0.481 e. The Morgan fingerprint density at radius 3 is 2.69 bits per heavy atom. The van der Waals surface area contributed by atoms with Gasteiger partial charge in [-0.05, 0) is 12.3 Å². The first-order chi connectivity index (χ1) is 7.41. The maximum atomic E-state index is 11.8. The number of carboxylic acid groups (broad SMARTS) is 1. The van der Waals surface area contributed by atoms with E-state index in [0.29, 0.717) is 18.9 Å². The van der Waals surface area contributed by atoms with Crippen LogP contribution in [-0.4, -0.2) is 53.1 Å². The van der Waals surface area contributed by atoms with Crippen LogP contribution in [0.2, 0.25) is 0 Å². The minimum Gasteiger partial charge on any atom is -0.481 e. The SMILES string of the molecule is CC(C)CN1CC(CCC(=O)O)N(C)C1=O. The predicted molar refractivity (Wildman–Crippen MR) is 60.2 cm³/mol. The number of hydrogen-bond donors (Lipinski definition) is 1. The monoisotopic (exact) mass is 228 g/mol. The molecule has 0 aromatic carbocycles. The van der Waals surface area contributed by atoms with Crippen LogP contribution >= 0.6 is 0 Å². The molecular weight excluding hydrogens is 208 g/mol. The van der Waals surface area contributed by atoms with E-state index in [1.54, 1.807) is 16.8 Å². The lowest BCUT2D eigenvalue weighted by molar-refractivity contribution is -0.137. The van der Waals surface area contributed by atoms with Crippen molar-refractivity contribution in [3.05, 3.63) is 0 Å². The van der Waals surface area contributed by atoms with Gasteiger partial charge >= 0.3 is 12.0 Å². The Morgan fingerprint density at radius 2 is 2.19 bits per heavy atom. The zero-order valence-corrected chi connectivity index (χ0v) is 10.1. The van der Waals surface area contributed by atoms with E-state index in [2.05, 4.69) is 13.8 Å². The highest BCUT2D eigenvalue weighted by atomic mass is 16.4. The van der Waals surface area contributed by atoms with Gasteiger partial charge in [-0.2, -0.15) is 0 Å². The molecule has 0 spiro atoms. The number of amides is 2. The van der Waals surface area contributed by atoms with Gasteiger partial charge < -0.3 is 14.9 Å². The van der Waals surface area contributed by atoms with Crippen molar-refractivity contribution in [3.63, 3.8) is 0 Å². The Balaban J connectivity index is 2.50. The minimum absolute atomic E-state index is 0.0177. The van der Waals surface area contributed by atoms with E-state index in [4.69, 9.17) is 5.11 Å². The van der Waals surface area contributed by atoms with Gasteiger partial charge in [0.05, 0.1) is 6.04 Å². The zero-order valence-electron chi connectivity index (χ0n) is 10.1. The molecule has 0 saturated carbocycles. The van der Waals surface area contributed by atoms with Crippen LogP contribution in [0, 0.1) is 5.92 Å². The molecule has 1 saturated heterocycles. The highest BCUT2D eigenvalue weighted by molar-refractivity contribution is 5.77. The molecule has 2 amide bonds. The number of hydrogen-bond acceptors (Lipinski definition) is 2. The minimum atomic E-state index is -0.803. The van der Waals surface area contributed by atoms with E-state index < -0.39 is 5.97 Å². The lowest BCUT2D eigenvalue weighted by Gasteiger charge is -2.17. The van der Waals surface area contributed by atoms with E-state index in [9.17, 15) is 9.59 Å². The third-order valence-corrected chi connectivity index (χ3v) is 2.83. The molecule has 1 N–H and O–H groups in total. The van der Waals surface area contributed by atoms with E-state index in [-0.39, 0.29) is 18.5 Å². The van der Waals surface area contributed by atoms with Crippen LogP contribution in [0.15, 0.2) is 0 Å². The number of rotatable bonds is 5. The molecule has 16 heavy (non-hydrogen) atoms. The molecule has 1 rings (SSSR count). The first-order valence-corrected chi connectivity index (χ1v) is 5.65. The van der Waals surface area contributed by atoms with E-state index in [1.807, 2.05) is 0 Å². The molecule has 0 aromatic rings. The molecule has 5 heteroatoms. The third kappa shape index (κ3) is 3.12. The number of aliphatic carboxylic acids is 1. The standard InChI is InChI=1S/C11H20N2O3/c1-8(2)6-13-7-9(4-5-10(14)15)12(3)11(13)16/h8-9H,4-7H2,1-3H3,(H,14,15). The maximum Gasteiger partial charge on any atom is 0.320 e.